The van der Waals surface area contributed by atoms with Crippen molar-refractivity contribution in [3.63, 3.8) is 0 Å². The fraction of sp³-hybridized carbons (Fsp3) is 0.0769. The van der Waals surface area contributed by atoms with Crippen molar-refractivity contribution in [2.24, 2.45) is 0 Å². The van der Waals surface area contributed by atoms with Crippen LogP contribution in [0.15, 0.2) is 46.7 Å². The molecule has 0 atom stereocenters. The molecule has 0 saturated carbocycles. The predicted molar refractivity (Wildman–Crippen MR) is 79.7 cm³/mol. The summed E-state index contributed by atoms with van der Waals surface area (Å²) >= 11 is 1.31. The van der Waals surface area contributed by atoms with Crippen LogP contribution in [0, 0.1) is 0 Å². The minimum Gasteiger partial charge on any atom is -0.321 e. The molecule has 1 aromatic carbocycles. The van der Waals surface area contributed by atoms with Gasteiger partial charge in [0.1, 0.15) is 0 Å². The average Bonchev–Trinajstić information content (AvgIpc) is 2.91. The Morgan fingerprint density at radius 1 is 1.10 bits per heavy atom. The number of carbonyl (C=O) groups is 2. The third-order valence-corrected chi connectivity index (χ3v) is 4.76. The molecule has 0 saturated heterocycles. The van der Waals surface area contributed by atoms with Crippen LogP contribution in [0.5, 0.6) is 0 Å². The van der Waals surface area contributed by atoms with Crippen LogP contribution >= 0.6 is 11.3 Å². The zero-order chi connectivity index (χ0) is 15.5. The minimum atomic E-state index is -3.86. The minimum absolute atomic E-state index is 0.0492. The van der Waals surface area contributed by atoms with Gasteiger partial charge < -0.3 is 5.32 Å². The monoisotopic (exact) mass is 324 g/mol. The molecule has 1 aromatic heterocycles. The number of hydrogen-bond acceptors (Lipinski definition) is 5. The third kappa shape index (κ3) is 3.89. The van der Waals surface area contributed by atoms with E-state index in [9.17, 15) is 18.0 Å². The summed E-state index contributed by atoms with van der Waals surface area (Å²) in [4.78, 5) is 23.2. The van der Waals surface area contributed by atoms with E-state index in [0.29, 0.717) is 10.6 Å². The van der Waals surface area contributed by atoms with E-state index >= 15 is 0 Å². The largest absolute Gasteiger partial charge is 0.321 e. The van der Waals surface area contributed by atoms with E-state index < -0.39 is 15.9 Å². The standard InChI is InChI=1S/C13H12N2O4S2/c1-9(16)15-21(18,19)11-6-4-10(5-7-11)14-13(17)12-3-2-8-20-12/h2-8H,1H3,(H,14,17)(H,15,16). The number of anilines is 1. The van der Waals surface area contributed by atoms with Crippen molar-refractivity contribution in [1.29, 1.82) is 0 Å². The highest BCUT2D eigenvalue weighted by molar-refractivity contribution is 7.90. The Hall–Kier alpha value is -2.19. The molecule has 2 amide bonds. The first kappa shape index (κ1) is 15.2. The van der Waals surface area contributed by atoms with Gasteiger partial charge in [0.25, 0.3) is 15.9 Å². The SMILES string of the molecule is CC(=O)NS(=O)(=O)c1ccc(NC(=O)c2cccs2)cc1. The van der Waals surface area contributed by atoms with Crippen LogP contribution in [0.25, 0.3) is 0 Å². The normalized spacial score (nSPS) is 10.9. The number of benzene rings is 1. The Bertz CT molecular complexity index is 750. The van der Waals surface area contributed by atoms with E-state index in [1.165, 1.54) is 35.6 Å². The molecule has 6 nitrogen and oxygen atoms in total. The first-order valence-electron chi connectivity index (χ1n) is 5.87. The molecule has 0 fully saturated rings. The van der Waals surface area contributed by atoms with E-state index in [1.807, 2.05) is 4.72 Å². The molecule has 0 radical (unpaired) electrons. The Kier molecular flexibility index (Phi) is 4.39. The van der Waals surface area contributed by atoms with Crippen molar-refractivity contribution < 1.29 is 18.0 Å². The van der Waals surface area contributed by atoms with E-state index in [4.69, 9.17) is 0 Å². The van der Waals surface area contributed by atoms with E-state index in [1.54, 1.807) is 17.5 Å². The molecular formula is C13H12N2O4S2. The van der Waals surface area contributed by atoms with Crippen LogP contribution < -0.4 is 10.0 Å². The Morgan fingerprint density at radius 3 is 2.29 bits per heavy atom. The van der Waals surface area contributed by atoms with Crippen LogP contribution in [0.3, 0.4) is 0 Å². The lowest BCUT2D eigenvalue weighted by molar-refractivity contribution is -0.117. The average molecular weight is 324 g/mol. The zero-order valence-electron chi connectivity index (χ0n) is 11.0. The van der Waals surface area contributed by atoms with Crippen molar-refractivity contribution >= 4 is 38.9 Å². The Morgan fingerprint density at radius 2 is 1.76 bits per heavy atom. The van der Waals surface area contributed by atoms with Gasteiger partial charge in [0, 0.05) is 12.6 Å². The summed E-state index contributed by atoms with van der Waals surface area (Å²) in [7, 11) is -3.86. The van der Waals surface area contributed by atoms with Gasteiger partial charge in [-0.05, 0) is 35.7 Å². The van der Waals surface area contributed by atoms with Crippen LogP contribution in [0.4, 0.5) is 5.69 Å². The van der Waals surface area contributed by atoms with E-state index in [-0.39, 0.29) is 10.8 Å². The van der Waals surface area contributed by atoms with E-state index in [0.717, 1.165) is 6.92 Å². The van der Waals surface area contributed by atoms with Crippen LogP contribution in [-0.2, 0) is 14.8 Å². The molecule has 21 heavy (non-hydrogen) atoms. The predicted octanol–water partition coefficient (Wildman–Crippen LogP) is 1.83. The Labute approximate surface area is 125 Å². The van der Waals surface area contributed by atoms with Gasteiger partial charge in [0.05, 0.1) is 9.77 Å². The molecule has 2 rings (SSSR count). The molecular weight excluding hydrogens is 312 g/mol. The summed E-state index contributed by atoms with van der Waals surface area (Å²) in [6.45, 7) is 1.12. The van der Waals surface area contributed by atoms with Crippen molar-refractivity contribution in [1.82, 2.24) is 4.72 Å². The van der Waals surface area contributed by atoms with Crippen LogP contribution in [0.1, 0.15) is 16.6 Å². The topological polar surface area (TPSA) is 92.3 Å². The molecule has 0 aliphatic heterocycles. The fourth-order valence-corrected chi connectivity index (χ4v) is 3.18. The number of nitrogens with one attached hydrogen (secondary N) is 2. The summed E-state index contributed by atoms with van der Waals surface area (Å²) in [6.07, 6.45) is 0. The van der Waals surface area contributed by atoms with Gasteiger partial charge >= 0.3 is 0 Å². The molecule has 0 bridgehead atoms. The molecule has 0 spiro atoms. The van der Waals surface area contributed by atoms with Gasteiger partial charge in [-0.3, -0.25) is 9.59 Å². The van der Waals surface area contributed by atoms with Gasteiger partial charge in [-0.2, -0.15) is 0 Å². The molecule has 0 aliphatic rings. The second kappa shape index (κ2) is 6.06. The number of thiophene rings is 1. The molecule has 2 N–H and O–H groups in total. The maximum Gasteiger partial charge on any atom is 0.265 e. The maximum atomic E-state index is 11.8. The lowest BCUT2D eigenvalue weighted by atomic mass is 10.3. The highest BCUT2D eigenvalue weighted by Gasteiger charge is 2.15. The molecule has 0 aliphatic carbocycles. The summed E-state index contributed by atoms with van der Waals surface area (Å²) < 4.78 is 25.4. The van der Waals surface area contributed by atoms with E-state index in [2.05, 4.69) is 5.32 Å². The summed E-state index contributed by atoms with van der Waals surface area (Å²) in [5.41, 5.74) is 0.468. The van der Waals surface area contributed by atoms with Crippen molar-refractivity contribution in [3.05, 3.63) is 46.7 Å². The van der Waals surface area contributed by atoms with Gasteiger partial charge in [-0.25, -0.2) is 13.1 Å². The molecule has 0 unspecified atom stereocenters. The quantitative estimate of drug-likeness (QED) is 0.897. The lowest BCUT2D eigenvalue weighted by Crippen LogP contribution is -2.28. The lowest BCUT2D eigenvalue weighted by Gasteiger charge is -2.07. The van der Waals surface area contributed by atoms with Crippen LogP contribution in [-0.4, -0.2) is 20.2 Å². The first-order chi connectivity index (χ1) is 9.88. The summed E-state index contributed by atoms with van der Waals surface area (Å²) in [5, 5.41) is 4.44. The summed E-state index contributed by atoms with van der Waals surface area (Å²) in [5.74, 6) is -0.924. The van der Waals surface area contributed by atoms with Crippen molar-refractivity contribution in [2.45, 2.75) is 11.8 Å². The van der Waals surface area contributed by atoms with Crippen molar-refractivity contribution in [2.75, 3.05) is 5.32 Å². The number of rotatable bonds is 4. The second-order valence-electron chi connectivity index (χ2n) is 4.12. The Balaban J connectivity index is 2.12. The number of carbonyl (C=O) groups excluding carboxylic acids is 2. The van der Waals surface area contributed by atoms with Gasteiger partial charge in [0.2, 0.25) is 5.91 Å². The van der Waals surface area contributed by atoms with Crippen molar-refractivity contribution in [3.8, 4) is 0 Å². The first-order valence-corrected chi connectivity index (χ1v) is 8.23. The molecule has 110 valence electrons. The number of amides is 2. The summed E-state index contributed by atoms with van der Waals surface area (Å²) in [6, 6.07) is 9.00. The van der Waals surface area contributed by atoms with Gasteiger partial charge in [0.15, 0.2) is 0 Å². The maximum absolute atomic E-state index is 11.8. The molecule has 2 aromatic rings. The molecule has 1 heterocycles. The van der Waals surface area contributed by atoms with Gasteiger partial charge in [-0.15, -0.1) is 11.3 Å². The molecule has 8 heteroatoms. The van der Waals surface area contributed by atoms with Crippen LogP contribution in [0.2, 0.25) is 0 Å². The zero-order valence-corrected chi connectivity index (χ0v) is 12.6. The number of hydrogen-bond donors (Lipinski definition) is 2. The second-order valence-corrected chi connectivity index (χ2v) is 6.75. The van der Waals surface area contributed by atoms with Gasteiger partial charge in [-0.1, -0.05) is 6.07 Å². The highest BCUT2D eigenvalue weighted by Crippen LogP contribution is 2.16. The fourth-order valence-electron chi connectivity index (χ4n) is 1.57. The third-order valence-electron chi connectivity index (χ3n) is 2.45. The smallest absolute Gasteiger partial charge is 0.265 e. The number of sulfonamides is 1. The highest BCUT2D eigenvalue weighted by atomic mass is 32.2.